The second-order valence-corrected chi connectivity index (χ2v) is 7.05. The lowest BCUT2D eigenvalue weighted by molar-refractivity contribution is 0.795. The molecule has 0 fully saturated rings. The molecule has 0 unspecified atom stereocenters. The molecule has 1 aromatic heterocycles. The van der Waals surface area contributed by atoms with Gasteiger partial charge >= 0.3 is 0 Å². The maximum atomic E-state index is 2.42. The van der Waals surface area contributed by atoms with Crippen molar-refractivity contribution >= 4 is 31.5 Å². The van der Waals surface area contributed by atoms with Crippen LogP contribution in [0.2, 0.25) is 0 Å². The van der Waals surface area contributed by atoms with Gasteiger partial charge in [-0.15, -0.1) is 11.3 Å². The van der Waals surface area contributed by atoms with Crippen LogP contribution in [0, 0.1) is 0 Å². The Morgan fingerprint density at radius 2 is 1.19 bits per heavy atom. The molecule has 3 aromatic rings. The van der Waals surface area contributed by atoms with E-state index in [0.29, 0.717) is 0 Å². The summed E-state index contributed by atoms with van der Waals surface area (Å²) in [4.78, 5) is 0. The molecule has 0 atom stereocenters. The van der Waals surface area contributed by atoms with Crippen LogP contribution in [-0.4, -0.2) is 0 Å². The molecule has 21 heavy (non-hydrogen) atoms. The average molecular weight is 296 g/mol. The van der Waals surface area contributed by atoms with Gasteiger partial charge in [-0.3, -0.25) is 0 Å². The first kappa shape index (κ1) is 14.6. The number of aryl methyl sites for hydroxylation is 2. The monoisotopic (exact) mass is 296 g/mol. The van der Waals surface area contributed by atoms with Gasteiger partial charge in [0.1, 0.15) is 0 Å². The van der Waals surface area contributed by atoms with E-state index in [1.807, 2.05) is 11.3 Å². The Kier molecular flexibility index (Phi) is 4.60. The van der Waals surface area contributed by atoms with E-state index in [0.717, 1.165) is 0 Å². The van der Waals surface area contributed by atoms with E-state index >= 15 is 0 Å². The zero-order valence-electron chi connectivity index (χ0n) is 13.1. The summed E-state index contributed by atoms with van der Waals surface area (Å²) in [5.74, 6) is 0. The highest BCUT2D eigenvalue weighted by Crippen LogP contribution is 2.35. The molecule has 2 aromatic carbocycles. The number of rotatable bonds is 6. The van der Waals surface area contributed by atoms with Crippen LogP contribution in [0.5, 0.6) is 0 Å². The van der Waals surface area contributed by atoms with Crippen molar-refractivity contribution in [3.8, 4) is 0 Å². The van der Waals surface area contributed by atoms with Gasteiger partial charge < -0.3 is 0 Å². The van der Waals surface area contributed by atoms with Gasteiger partial charge in [0.25, 0.3) is 0 Å². The predicted molar refractivity (Wildman–Crippen MR) is 96.6 cm³/mol. The number of benzene rings is 2. The van der Waals surface area contributed by atoms with Crippen LogP contribution < -0.4 is 0 Å². The number of thiophene rings is 1. The number of unbranched alkanes of at least 4 members (excludes halogenated alkanes) is 2. The maximum absolute atomic E-state index is 2.42. The minimum absolute atomic E-state index is 1.21. The molecule has 0 amide bonds. The fraction of sp³-hybridized carbons (Fsp3) is 0.400. The van der Waals surface area contributed by atoms with Crippen molar-refractivity contribution < 1.29 is 0 Å². The zero-order chi connectivity index (χ0) is 14.7. The van der Waals surface area contributed by atoms with Crippen LogP contribution in [0.1, 0.15) is 50.7 Å². The Hall–Kier alpha value is -1.34. The molecule has 1 heteroatoms. The largest absolute Gasteiger partial charge is 0.135 e. The van der Waals surface area contributed by atoms with E-state index in [4.69, 9.17) is 0 Å². The molecule has 0 N–H and O–H groups in total. The lowest BCUT2D eigenvalue weighted by Crippen LogP contribution is -1.85. The smallest absolute Gasteiger partial charge is 0.0355 e. The highest BCUT2D eigenvalue weighted by molar-refractivity contribution is 7.25. The van der Waals surface area contributed by atoms with Crippen LogP contribution >= 0.6 is 11.3 Å². The Bertz CT molecular complexity index is 674. The van der Waals surface area contributed by atoms with Crippen LogP contribution in [0.3, 0.4) is 0 Å². The first-order valence-corrected chi connectivity index (χ1v) is 9.07. The fourth-order valence-corrected chi connectivity index (χ4v) is 4.01. The van der Waals surface area contributed by atoms with Crippen molar-refractivity contribution in [2.24, 2.45) is 0 Å². The van der Waals surface area contributed by atoms with Crippen LogP contribution in [-0.2, 0) is 12.8 Å². The van der Waals surface area contributed by atoms with Gasteiger partial charge in [0.05, 0.1) is 0 Å². The van der Waals surface area contributed by atoms with Gasteiger partial charge in [-0.2, -0.15) is 0 Å². The van der Waals surface area contributed by atoms with Crippen molar-refractivity contribution in [3.05, 3.63) is 47.5 Å². The summed E-state index contributed by atoms with van der Waals surface area (Å²) in [6.07, 6.45) is 7.52. The number of fused-ring (bicyclic) bond motifs is 3. The van der Waals surface area contributed by atoms with E-state index in [1.54, 1.807) is 0 Å². The van der Waals surface area contributed by atoms with E-state index in [9.17, 15) is 0 Å². The van der Waals surface area contributed by atoms with Gasteiger partial charge in [-0.1, -0.05) is 38.8 Å². The average Bonchev–Trinajstić information content (AvgIpc) is 2.88. The Morgan fingerprint density at radius 1 is 0.714 bits per heavy atom. The third-order valence-electron chi connectivity index (χ3n) is 4.24. The normalized spacial score (nSPS) is 11.5. The Balaban J connectivity index is 2.03. The molecule has 3 rings (SSSR count). The van der Waals surface area contributed by atoms with Gasteiger partial charge in [-0.25, -0.2) is 0 Å². The number of hydrogen-bond donors (Lipinski definition) is 0. The summed E-state index contributed by atoms with van der Waals surface area (Å²) in [7, 11) is 0. The molecule has 0 spiro atoms. The van der Waals surface area contributed by atoms with E-state index < -0.39 is 0 Å². The second-order valence-electron chi connectivity index (χ2n) is 5.97. The molecule has 0 nitrogen and oxygen atoms in total. The van der Waals surface area contributed by atoms with Crippen LogP contribution in [0.25, 0.3) is 20.2 Å². The molecule has 0 aliphatic rings. The van der Waals surface area contributed by atoms with Crippen molar-refractivity contribution in [1.82, 2.24) is 0 Å². The maximum Gasteiger partial charge on any atom is 0.0355 e. The Labute approximate surface area is 131 Å². The minimum atomic E-state index is 1.21. The van der Waals surface area contributed by atoms with Gasteiger partial charge in [-0.05, 0) is 61.1 Å². The summed E-state index contributed by atoms with van der Waals surface area (Å²) < 4.78 is 2.86. The topological polar surface area (TPSA) is 0 Å². The summed E-state index contributed by atoms with van der Waals surface area (Å²) in [5, 5.41) is 2.92. The minimum Gasteiger partial charge on any atom is -0.135 e. The number of hydrogen-bond acceptors (Lipinski definition) is 1. The van der Waals surface area contributed by atoms with Gasteiger partial charge in [0.15, 0.2) is 0 Å². The SMILES string of the molecule is CCCCc1ccc2sc3ccc(CCCC)cc3c2c1. The van der Waals surface area contributed by atoms with Crippen molar-refractivity contribution in [2.75, 3.05) is 0 Å². The summed E-state index contributed by atoms with van der Waals surface area (Å²) in [6.45, 7) is 4.52. The first-order valence-electron chi connectivity index (χ1n) is 8.26. The fourth-order valence-electron chi connectivity index (χ4n) is 2.94. The summed E-state index contributed by atoms with van der Waals surface area (Å²) in [5.41, 5.74) is 2.98. The molecule has 0 saturated carbocycles. The van der Waals surface area contributed by atoms with E-state index in [-0.39, 0.29) is 0 Å². The van der Waals surface area contributed by atoms with E-state index in [1.165, 1.54) is 69.8 Å². The Morgan fingerprint density at radius 3 is 1.62 bits per heavy atom. The standard InChI is InChI=1S/C20H24S/c1-3-5-7-15-9-11-19-17(13-15)18-14-16(8-6-4-2)10-12-20(18)21-19/h9-14H,3-8H2,1-2H3. The zero-order valence-corrected chi connectivity index (χ0v) is 13.9. The summed E-state index contributed by atoms with van der Waals surface area (Å²) >= 11 is 1.93. The molecule has 1 heterocycles. The molecular formula is C20H24S. The summed E-state index contributed by atoms with van der Waals surface area (Å²) in [6, 6.07) is 14.1. The molecule has 0 saturated heterocycles. The lowest BCUT2D eigenvalue weighted by atomic mass is 10.0. The lowest BCUT2D eigenvalue weighted by Gasteiger charge is -2.02. The third kappa shape index (κ3) is 3.13. The van der Waals surface area contributed by atoms with Crippen molar-refractivity contribution in [2.45, 2.75) is 52.4 Å². The first-order chi connectivity index (χ1) is 10.3. The van der Waals surface area contributed by atoms with Gasteiger partial charge in [0, 0.05) is 20.2 Å². The molecule has 110 valence electrons. The predicted octanol–water partition coefficient (Wildman–Crippen LogP) is 6.74. The second kappa shape index (κ2) is 6.62. The van der Waals surface area contributed by atoms with E-state index in [2.05, 4.69) is 50.2 Å². The molecule has 0 aliphatic heterocycles. The molecule has 0 aliphatic carbocycles. The molecule has 0 radical (unpaired) electrons. The van der Waals surface area contributed by atoms with Crippen LogP contribution in [0.15, 0.2) is 36.4 Å². The molecular weight excluding hydrogens is 272 g/mol. The van der Waals surface area contributed by atoms with Gasteiger partial charge in [0.2, 0.25) is 0 Å². The van der Waals surface area contributed by atoms with Crippen molar-refractivity contribution in [3.63, 3.8) is 0 Å². The molecule has 0 bridgehead atoms. The highest BCUT2D eigenvalue weighted by Gasteiger charge is 2.07. The van der Waals surface area contributed by atoms with Crippen molar-refractivity contribution in [1.29, 1.82) is 0 Å². The highest BCUT2D eigenvalue weighted by atomic mass is 32.1. The van der Waals surface area contributed by atoms with Crippen LogP contribution in [0.4, 0.5) is 0 Å². The third-order valence-corrected chi connectivity index (χ3v) is 5.39. The quantitative estimate of drug-likeness (QED) is 0.472.